The molecule has 32 heavy (non-hydrogen) atoms. The second-order valence-electron chi connectivity index (χ2n) is 7.38. The Balaban J connectivity index is 1.65. The number of carbonyl (C=O) groups is 2. The van der Waals surface area contributed by atoms with Crippen LogP contribution in [-0.2, 0) is 6.54 Å². The number of carbonyl (C=O) groups excluding carboxylic acids is 1. The molecular weight excluding hydrogens is 454 g/mol. The van der Waals surface area contributed by atoms with Crippen molar-refractivity contribution in [3.63, 3.8) is 0 Å². The molecule has 0 saturated carbocycles. The molecule has 1 heterocycles. The van der Waals surface area contributed by atoms with Crippen molar-refractivity contribution in [1.29, 1.82) is 0 Å². The quantitative estimate of drug-likeness (QED) is 0.361. The average Bonchev–Trinajstić information content (AvgIpc) is 3.16. The number of hydrogen-bond acceptors (Lipinski definition) is 2. The topological polar surface area (TPSA) is 73.4 Å². The molecular formula is C24H17Cl2FN2O3. The van der Waals surface area contributed by atoms with Crippen LogP contribution in [0.15, 0.2) is 60.7 Å². The second-order valence-corrected chi connectivity index (χ2v) is 8.22. The number of nitrogens with zero attached hydrogens (tertiary/aromatic N) is 1. The molecule has 1 aromatic heterocycles. The van der Waals surface area contributed by atoms with Crippen molar-refractivity contribution in [2.45, 2.75) is 6.54 Å². The average molecular weight is 471 g/mol. The van der Waals surface area contributed by atoms with Crippen LogP contribution in [0.4, 0.5) is 4.39 Å². The number of aromatic carboxylic acids is 1. The largest absolute Gasteiger partial charge is 0.478 e. The molecule has 3 aromatic carbocycles. The minimum Gasteiger partial charge on any atom is -0.478 e. The molecule has 4 rings (SSSR count). The molecule has 0 radical (unpaired) electrons. The van der Waals surface area contributed by atoms with Crippen LogP contribution in [0.1, 0.15) is 26.4 Å². The summed E-state index contributed by atoms with van der Waals surface area (Å²) in [5.41, 5.74) is 2.93. The summed E-state index contributed by atoms with van der Waals surface area (Å²) in [5.74, 6) is -1.85. The summed E-state index contributed by atoms with van der Waals surface area (Å²) in [4.78, 5) is 28.8. The van der Waals surface area contributed by atoms with Gasteiger partial charge in [0.05, 0.1) is 10.6 Å². The van der Waals surface area contributed by atoms with E-state index < -0.39 is 11.8 Å². The summed E-state index contributed by atoms with van der Waals surface area (Å²) in [6, 6.07) is 15.8. The standard InChI is InChI=1S/C24H17Cl2FN2O3/c1-29(23(30)22-10-14-2-4-16(25)11-21(14)28-22)12-15-8-17(27)5-7-18(15)13-3-6-19(24(31)32)20(26)9-13/h2-11,28H,12H2,1H3,(H,31,32). The molecule has 0 aliphatic rings. The van der Waals surface area contributed by atoms with Gasteiger partial charge in [0, 0.05) is 29.5 Å². The summed E-state index contributed by atoms with van der Waals surface area (Å²) in [5, 5.41) is 10.7. The first-order valence-corrected chi connectivity index (χ1v) is 10.3. The van der Waals surface area contributed by atoms with Crippen molar-refractivity contribution in [1.82, 2.24) is 9.88 Å². The molecule has 8 heteroatoms. The molecule has 5 nitrogen and oxygen atoms in total. The van der Waals surface area contributed by atoms with E-state index in [-0.39, 0.29) is 23.0 Å². The van der Waals surface area contributed by atoms with E-state index in [9.17, 15) is 19.1 Å². The summed E-state index contributed by atoms with van der Waals surface area (Å²) >= 11 is 12.1. The molecule has 0 fully saturated rings. The van der Waals surface area contributed by atoms with Gasteiger partial charge in [0.1, 0.15) is 11.5 Å². The minimum absolute atomic E-state index is 0.0229. The van der Waals surface area contributed by atoms with Gasteiger partial charge in [-0.1, -0.05) is 41.4 Å². The Labute approximate surface area is 193 Å². The zero-order valence-corrected chi connectivity index (χ0v) is 18.3. The highest BCUT2D eigenvalue weighted by atomic mass is 35.5. The van der Waals surface area contributed by atoms with Crippen molar-refractivity contribution in [3.05, 3.63) is 93.3 Å². The van der Waals surface area contributed by atoms with Gasteiger partial charge in [0.15, 0.2) is 0 Å². The number of hydrogen-bond donors (Lipinski definition) is 2. The van der Waals surface area contributed by atoms with Crippen molar-refractivity contribution >= 4 is 46.0 Å². The first kappa shape index (κ1) is 21.9. The lowest BCUT2D eigenvalue weighted by molar-refractivity contribution is 0.0696. The van der Waals surface area contributed by atoms with Crippen LogP contribution in [0.25, 0.3) is 22.0 Å². The number of aromatic nitrogens is 1. The third-order valence-electron chi connectivity index (χ3n) is 5.15. The van der Waals surface area contributed by atoms with Gasteiger partial charge in [-0.2, -0.15) is 0 Å². The number of rotatable bonds is 5. The van der Waals surface area contributed by atoms with Crippen molar-refractivity contribution in [2.24, 2.45) is 0 Å². The molecule has 0 spiro atoms. The van der Waals surface area contributed by atoms with Gasteiger partial charge in [-0.25, -0.2) is 9.18 Å². The third kappa shape index (κ3) is 4.33. The smallest absolute Gasteiger partial charge is 0.337 e. The van der Waals surface area contributed by atoms with Crippen LogP contribution in [0, 0.1) is 5.82 Å². The van der Waals surface area contributed by atoms with E-state index in [0.717, 1.165) is 10.9 Å². The lowest BCUT2D eigenvalue weighted by atomic mass is 9.98. The first-order valence-electron chi connectivity index (χ1n) is 9.58. The number of benzene rings is 3. The van der Waals surface area contributed by atoms with Crippen LogP contribution < -0.4 is 0 Å². The van der Waals surface area contributed by atoms with E-state index >= 15 is 0 Å². The number of fused-ring (bicyclic) bond motifs is 1. The fourth-order valence-corrected chi connectivity index (χ4v) is 4.01. The highest BCUT2D eigenvalue weighted by Crippen LogP contribution is 2.30. The van der Waals surface area contributed by atoms with Crippen molar-refractivity contribution in [3.8, 4) is 11.1 Å². The second kappa shape index (κ2) is 8.65. The van der Waals surface area contributed by atoms with E-state index in [0.29, 0.717) is 27.4 Å². The predicted octanol–water partition coefficient (Wildman–Crippen LogP) is 6.25. The molecule has 0 saturated heterocycles. The Hall–Kier alpha value is -3.35. The highest BCUT2D eigenvalue weighted by Gasteiger charge is 2.18. The van der Waals surface area contributed by atoms with Gasteiger partial charge in [-0.3, -0.25) is 4.79 Å². The summed E-state index contributed by atoms with van der Waals surface area (Å²) in [7, 11) is 1.62. The zero-order chi connectivity index (χ0) is 23.0. The molecule has 2 N–H and O–H groups in total. The lowest BCUT2D eigenvalue weighted by Crippen LogP contribution is -2.26. The summed E-state index contributed by atoms with van der Waals surface area (Å²) in [6.07, 6.45) is 0. The molecule has 0 aliphatic heterocycles. The molecule has 0 atom stereocenters. The number of carboxylic acids is 1. The van der Waals surface area contributed by atoms with E-state index in [1.807, 2.05) is 6.07 Å². The Morgan fingerprint density at radius 3 is 2.53 bits per heavy atom. The number of aromatic amines is 1. The van der Waals surface area contributed by atoms with Crippen LogP contribution in [0.5, 0.6) is 0 Å². The molecule has 0 bridgehead atoms. The van der Waals surface area contributed by atoms with E-state index in [4.69, 9.17) is 23.2 Å². The maximum atomic E-state index is 14.0. The van der Waals surface area contributed by atoms with Gasteiger partial charge >= 0.3 is 5.97 Å². The van der Waals surface area contributed by atoms with Gasteiger partial charge in [-0.15, -0.1) is 0 Å². The van der Waals surface area contributed by atoms with E-state index in [1.165, 1.54) is 29.2 Å². The SMILES string of the molecule is CN(Cc1cc(F)ccc1-c1ccc(C(=O)O)c(Cl)c1)C(=O)c1cc2ccc(Cl)cc2[nH]1. The van der Waals surface area contributed by atoms with Crippen LogP contribution in [-0.4, -0.2) is 33.9 Å². The number of H-pyrrole nitrogens is 1. The molecule has 0 aliphatic carbocycles. The molecule has 162 valence electrons. The van der Waals surface area contributed by atoms with Crippen LogP contribution in [0.2, 0.25) is 10.0 Å². The van der Waals surface area contributed by atoms with E-state index in [1.54, 1.807) is 37.4 Å². The van der Waals surface area contributed by atoms with Gasteiger partial charge in [-0.05, 0) is 59.2 Å². The fraction of sp³-hybridized carbons (Fsp3) is 0.0833. The maximum absolute atomic E-state index is 14.0. The maximum Gasteiger partial charge on any atom is 0.337 e. The van der Waals surface area contributed by atoms with Gasteiger partial charge < -0.3 is 15.0 Å². The fourth-order valence-electron chi connectivity index (χ4n) is 3.58. The number of carboxylic acid groups (broad SMARTS) is 1. The molecule has 4 aromatic rings. The Bertz CT molecular complexity index is 1370. The van der Waals surface area contributed by atoms with Crippen LogP contribution in [0.3, 0.4) is 0 Å². The molecule has 1 amide bonds. The Kier molecular flexibility index (Phi) is 5.91. The van der Waals surface area contributed by atoms with Gasteiger partial charge in [0.2, 0.25) is 0 Å². The highest BCUT2D eigenvalue weighted by molar-refractivity contribution is 6.33. The van der Waals surface area contributed by atoms with Gasteiger partial charge in [0.25, 0.3) is 5.91 Å². The van der Waals surface area contributed by atoms with Crippen molar-refractivity contribution < 1.29 is 19.1 Å². The van der Waals surface area contributed by atoms with E-state index in [2.05, 4.69) is 4.98 Å². The minimum atomic E-state index is -1.13. The monoisotopic (exact) mass is 470 g/mol. The number of nitrogens with one attached hydrogen (secondary N) is 1. The summed E-state index contributed by atoms with van der Waals surface area (Å²) < 4.78 is 14.0. The predicted molar refractivity (Wildman–Crippen MR) is 123 cm³/mol. The van der Waals surface area contributed by atoms with Crippen molar-refractivity contribution in [2.75, 3.05) is 7.05 Å². The third-order valence-corrected chi connectivity index (χ3v) is 5.69. The summed E-state index contributed by atoms with van der Waals surface area (Å²) in [6.45, 7) is 0.125. The lowest BCUT2D eigenvalue weighted by Gasteiger charge is -2.19. The first-order chi connectivity index (χ1) is 15.2. The zero-order valence-electron chi connectivity index (χ0n) is 16.8. The Morgan fingerprint density at radius 1 is 1.03 bits per heavy atom. The van der Waals surface area contributed by atoms with Crippen LogP contribution >= 0.6 is 23.2 Å². The molecule has 0 unspecified atom stereocenters. The number of amides is 1. The Morgan fingerprint density at radius 2 is 1.81 bits per heavy atom. The normalized spacial score (nSPS) is 11.0. The number of halogens is 3.